The number of nitrogens with zero attached hydrogens (tertiary/aromatic N) is 2. The molecule has 1 heterocycles. The number of hydrogen-bond acceptors (Lipinski definition) is 4. The Balaban J connectivity index is 2.15. The molecule has 0 saturated carbocycles. The van der Waals surface area contributed by atoms with Gasteiger partial charge < -0.3 is 9.47 Å². The second-order valence-corrected chi connectivity index (χ2v) is 8.76. The van der Waals surface area contributed by atoms with Crippen molar-refractivity contribution in [3.8, 4) is 11.5 Å². The number of alkyl halides is 1. The van der Waals surface area contributed by atoms with E-state index in [2.05, 4.69) is 21.0 Å². The summed E-state index contributed by atoms with van der Waals surface area (Å²) < 4.78 is 13.3. The molecule has 0 aliphatic heterocycles. The van der Waals surface area contributed by atoms with Crippen LogP contribution >= 0.6 is 39.1 Å². The van der Waals surface area contributed by atoms with E-state index >= 15 is 0 Å². The molecule has 0 saturated heterocycles. The summed E-state index contributed by atoms with van der Waals surface area (Å²) in [7, 11) is 0. The first-order valence-corrected chi connectivity index (χ1v) is 11.0. The van der Waals surface area contributed by atoms with Crippen LogP contribution in [0.5, 0.6) is 11.5 Å². The fraction of sp³-hybridized carbons (Fsp3) is 0.500. The van der Waals surface area contributed by atoms with Crippen LogP contribution in [-0.4, -0.2) is 21.4 Å². The van der Waals surface area contributed by atoms with E-state index in [0.29, 0.717) is 52.7 Å². The molecular weight excluding hydrogens is 467 g/mol. The number of aromatic nitrogens is 2. The van der Waals surface area contributed by atoms with E-state index in [-0.39, 0.29) is 5.97 Å². The molecule has 0 fully saturated rings. The van der Waals surface area contributed by atoms with Crippen LogP contribution in [-0.2, 0) is 27.8 Å². The minimum Gasteiger partial charge on any atom is -0.460 e. The summed E-state index contributed by atoms with van der Waals surface area (Å²) in [5.41, 5.74) is 1.26. The minimum absolute atomic E-state index is 0.208. The highest BCUT2D eigenvalue weighted by Crippen LogP contribution is 2.34. The zero-order valence-electron chi connectivity index (χ0n) is 16.5. The molecular formula is C20H25BrCl2N2O3. The third kappa shape index (κ3) is 6.68. The third-order valence-electron chi connectivity index (χ3n) is 3.77. The molecule has 28 heavy (non-hydrogen) atoms. The second-order valence-electron chi connectivity index (χ2n) is 7.33. The molecule has 0 radical (unpaired) electrons. The van der Waals surface area contributed by atoms with Gasteiger partial charge in [0.15, 0.2) is 5.75 Å². The normalized spacial score (nSPS) is 11.5. The molecule has 0 atom stereocenters. The number of benzene rings is 1. The molecule has 8 heteroatoms. The SMILES string of the molecule is CCc1nn(CCCC(=O)OC(C)(C)C)c(CBr)c1Oc1cc(Cl)cc(Cl)c1. The maximum absolute atomic E-state index is 11.9. The zero-order chi connectivity index (χ0) is 20.9. The van der Waals surface area contributed by atoms with Crippen LogP contribution in [0.2, 0.25) is 10.0 Å². The van der Waals surface area contributed by atoms with Gasteiger partial charge in [0.05, 0.1) is 5.69 Å². The van der Waals surface area contributed by atoms with E-state index in [0.717, 1.165) is 11.4 Å². The van der Waals surface area contributed by atoms with Gasteiger partial charge in [0, 0.05) is 28.3 Å². The Labute approximate surface area is 184 Å². The molecule has 0 spiro atoms. The van der Waals surface area contributed by atoms with Crippen LogP contribution in [0.25, 0.3) is 0 Å². The van der Waals surface area contributed by atoms with Gasteiger partial charge in [0.1, 0.15) is 17.0 Å². The Hall–Kier alpha value is -1.24. The Morgan fingerprint density at radius 2 is 1.86 bits per heavy atom. The van der Waals surface area contributed by atoms with Crippen molar-refractivity contribution in [1.82, 2.24) is 9.78 Å². The number of carbonyl (C=O) groups is 1. The third-order valence-corrected chi connectivity index (χ3v) is 4.73. The highest BCUT2D eigenvalue weighted by atomic mass is 79.9. The van der Waals surface area contributed by atoms with Gasteiger partial charge in [-0.25, -0.2) is 0 Å². The number of hydrogen-bond donors (Lipinski definition) is 0. The summed E-state index contributed by atoms with van der Waals surface area (Å²) >= 11 is 15.7. The predicted molar refractivity (Wildman–Crippen MR) is 116 cm³/mol. The van der Waals surface area contributed by atoms with Gasteiger partial charge in [0.2, 0.25) is 0 Å². The van der Waals surface area contributed by atoms with E-state index in [4.69, 9.17) is 32.7 Å². The molecule has 2 aromatic rings. The van der Waals surface area contributed by atoms with Crippen molar-refractivity contribution < 1.29 is 14.3 Å². The molecule has 0 unspecified atom stereocenters. The summed E-state index contributed by atoms with van der Waals surface area (Å²) in [6.07, 6.45) is 1.67. The standard InChI is InChI=1S/C20H25BrCl2N2O3/c1-5-16-19(27-15-10-13(22)9-14(23)11-15)17(12-21)25(24-16)8-6-7-18(26)28-20(2,3)4/h9-11H,5-8,12H2,1-4H3. The lowest BCUT2D eigenvalue weighted by atomic mass is 10.2. The van der Waals surface area contributed by atoms with E-state index in [9.17, 15) is 4.79 Å². The first-order valence-electron chi connectivity index (χ1n) is 9.13. The molecule has 0 aliphatic rings. The van der Waals surface area contributed by atoms with Crippen LogP contribution < -0.4 is 4.74 Å². The van der Waals surface area contributed by atoms with Gasteiger partial charge >= 0.3 is 5.97 Å². The van der Waals surface area contributed by atoms with Crippen LogP contribution in [0.3, 0.4) is 0 Å². The Morgan fingerprint density at radius 3 is 2.39 bits per heavy atom. The van der Waals surface area contributed by atoms with E-state index in [1.54, 1.807) is 18.2 Å². The van der Waals surface area contributed by atoms with Crippen molar-refractivity contribution >= 4 is 45.1 Å². The maximum atomic E-state index is 11.9. The van der Waals surface area contributed by atoms with Gasteiger partial charge in [-0.1, -0.05) is 46.1 Å². The van der Waals surface area contributed by atoms with Gasteiger partial charge in [-0.3, -0.25) is 9.48 Å². The molecule has 2 rings (SSSR count). The topological polar surface area (TPSA) is 53.4 Å². The summed E-state index contributed by atoms with van der Waals surface area (Å²) in [6.45, 7) is 8.19. The Bertz CT molecular complexity index is 811. The lowest BCUT2D eigenvalue weighted by Gasteiger charge is -2.19. The minimum atomic E-state index is -0.474. The highest BCUT2D eigenvalue weighted by Gasteiger charge is 2.20. The number of carbonyl (C=O) groups excluding carboxylic acids is 1. The first-order chi connectivity index (χ1) is 13.1. The van der Waals surface area contributed by atoms with Gasteiger partial charge in [-0.2, -0.15) is 5.10 Å². The molecule has 0 amide bonds. The van der Waals surface area contributed by atoms with Crippen molar-refractivity contribution in [3.63, 3.8) is 0 Å². The van der Waals surface area contributed by atoms with Crippen molar-refractivity contribution in [2.75, 3.05) is 0 Å². The van der Waals surface area contributed by atoms with Gasteiger partial charge in [-0.05, 0) is 51.8 Å². The number of ether oxygens (including phenoxy) is 2. The summed E-state index contributed by atoms with van der Waals surface area (Å²) in [5.74, 6) is 1.04. The maximum Gasteiger partial charge on any atom is 0.306 e. The highest BCUT2D eigenvalue weighted by molar-refractivity contribution is 9.08. The lowest BCUT2D eigenvalue weighted by molar-refractivity contribution is -0.154. The monoisotopic (exact) mass is 490 g/mol. The molecule has 5 nitrogen and oxygen atoms in total. The van der Waals surface area contributed by atoms with Crippen LogP contribution in [0.15, 0.2) is 18.2 Å². The van der Waals surface area contributed by atoms with Crippen molar-refractivity contribution in [2.45, 2.75) is 64.4 Å². The number of esters is 1. The van der Waals surface area contributed by atoms with E-state index in [1.807, 2.05) is 32.4 Å². The van der Waals surface area contributed by atoms with Crippen LogP contribution in [0.1, 0.15) is 51.9 Å². The fourth-order valence-corrected chi connectivity index (χ4v) is 3.72. The van der Waals surface area contributed by atoms with Gasteiger partial charge in [-0.15, -0.1) is 0 Å². The van der Waals surface area contributed by atoms with Crippen molar-refractivity contribution in [1.29, 1.82) is 0 Å². The number of aryl methyl sites for hydroxylation is 2. The first kappa shape index (κ1) is 23.0. The largest absolute Gasteiger partial charge is 0.460 e. The average Bonchev–Trinajstić information content (AvgIpc) is 2.88. The number of rotatable bonds is 8. The molecule has 154 valence electrons. The summed E-state index contributed by atoms with van der Waals surface area (Å²) in [4.78, 5) is 11.9. The summed E-state index contributed by atoms with van der Waals surface area (Å²) in [5, 5.41) is 6.23. The van der Waals surface area contributed by atoms with Crippen LogP contribution in [0, 0.1) is 0 Å². The quantitative estimate of drug-likeness (QED) is 0.310. The Kier molecular flexibility index (Phi) is 8.22. The Morgan fingerprint density at radius 1 is 1.21 bits per heavy atom. The lowest BCUT2D eigenvalue weighted by Crippen LogP contribution is -2.24. The van der Waals surface area contributed by atoms with Crippen LogP contribution in [0.4, 0.5) is 0 Å². The van der Waals surface area contributed by atoms with Crippen molar-refractivity contribution in [3.05, 3.63) is 39.6 Å². The smallest absolute Gasteiger partial charge is 0.306 e. The second kappa shape index (κ2) is 9.99. The van der Waals surface area contributed by atoms with Gasteiger partial charge in [0.25, 0.3) is 0 Å². The molecule has 0 aliphatic carbocycles. The van der Waals surface area contributed by atoms with E-state index in [1.165, 1.54) is 0 Å². The summed E-state index contributed by atoms with van der Waals surface area (Å²) in [6, 6.07) is 5.08. The molecule has 1 aromatic carbocycles. The van der Waals surface area contributed by atoms with Crippen molar-refractivity contribution in [2.24, 2.45) is 0 Å². The van der Waals surface area contributed by atoms with E-state index < -0.39 is 5.60 Å². The zero-order valence-corrected chi connectivity index (χ0v) is 19.6. The number of halogens is 3. The predicted octanol–water partition coefficient (Wildman–Crippen LogP) is 6.56. The average molecular weight is 492 g/mol. The fourth-order valence-electron chi connectivity index (χ4n) is 2.67. The molecule has 1 aromatic heterocycles. The molecule has 0 N–H and O–H groups in total. The molecule has 0 bridgehead atoms.